The zero-order valence-corrected chi connectivity index (χ0v) is 50.4. The molecule has 6 amide bonds. The summed E-state index contributed by atoms with van der Waals surface area (Å²) in [5.41, 5.74) is -7.44. The number of carbonyl (C=O) groups excluding carboxylic acids is 6. The molecule has 81 heavy (non-hydrogen) atoms. The van der Waals surface area contributed by atoms with E-state index in [0.29, 0.717) is 25.1 Å². The van der Waals surface area contributed by atoms with E-state index in [1.54, 1.807) is 110 Å². The Balaban J connectivity index is 1.69. The van der Waals surface area contributed by atoms with Gasteiger partial charge in [-0.25, -0.2) is 24.0 Å². The predicted molar refractivity (Wildman–Crippen MR) is 290 cm³/mol. The summed E-state index contributed by atoms with van der Waals surface area (Å²) >= 11 is 0. The number of likely N-dealkylation sites (N-methyl/N-ethyl adjacent to an activating group) is 1. The molecule has 466 valence electrons. The number of rotatable bonds is 18. The average molecular weight is 1160 g/mol. The molecule has 0 aromatic carbocycles. The van der Waals surface area contributed by atoms with Gasteiger partial charge in [0.1, 0.15) is 69.9 Å². The summed E-state index contributed by atoms with van der Waals surface area (Å²) in [6.45, 7) is 26.1. The lowest BCUT2D eigenvalue weighted by Crippen LogP contribution is -2.71. The lowest BCUT2D eigenvalue weighted by molar-refractivity contribution is -0.311. The smallest absolute Gasteiger partial charge is 0.410 e. The summed E-state index contributed by atoms with van der Waals surface area (Å²) in [5.74, 6) is -0.705. The van der Waals surface area contributed by atoms with E-state index >= 15 is 0 Å². The van der Waals surface area contributed by atoms with Gasteiger partial charge in [-0.15, -0.1) is 0 Å². The maximum atomic E-state index is 13.9. The Morgan fingerprint density at radius 2 is 1.16 bits per heavy atom. The normalized spacial score (nSPS) is 30.3. The van der Waals surface area contributed by atoms with Gasteiger partial charge in [-0.05, 0) is 155 Å². The molecule has 27 nitrogen and oxygen atoms in total. The van der Waals surface area contributed by atoms with E-state index in [0.717, 1.165) is 4.90 Å². The number of hydrogen-bond acceptors (Lipinski definition) is 21. The molecule has 2 aliphatic carbocycles. The molecule has 11 N–H and O–H groups in total. The number of nitrogens with zero attached hydrogens (tertiary/aromatic N) is 1. The van der Waals surface area contributed by atoms with Gasteiger partial charge < -0.3 is 105 Å². The van der Waals surface area contributed by atoms with Crippen LogP contribution in [0.4, 0.5) is 24.0 Å². The molecular formula is C54H95N7O20. The molecule has 0 bridgehead atoms. The Kier molecular flexibility index (Phi) is 23.0. The Bertz CT molecular complexity index is 2180. The number of nitrogens with one attached hydrogen (secondary N) is 6. The van der Waals surface area contributed by atoms with Crippen LogP contribution in [0.25, 0.3) is 0 Å². The molecule has 2 saturated carbocycles. The van der Waals surface area contributed by atoms with Crippen LogP contribution < -0.4 is 31.9 Å². The predicted octanol–water partition coefficient (Wildman–Crippen LogP) is 2.66. The number of ether oxygens (including phenoxy) is 9. The van der Waals surface area contributed by atoms with Crippen molar-refractivity contribution in [3.63, 3.8) is 0 Å². The van der Waals surface area contributed by atoms with Crippen LogP contribution >= 0.6 is 0 Å². The van der Waals surface area contributed by atoms with Crippen molar-refractivity contribution >= 4 is 36.4 Å². The number of carbonyl (C=O) groups is 6. The van der Waals surface area contributed by atoms with E-state index in [2.05, 4.69) is 31.9 Å². The van der Waals surface area contributed by atoms with Crippen LogP contribution in [0.3, 0.4) is 0 Å². The maximum absolute atomic E-state index is 13.9. The third kappa shape index (κ3) is 22.6. The van der Waals surface area contributed by atoms with Crippen LogP contribution in [0.1, 0.15) is 143 Å². The first-order chi connectivity index (χ1) is 36.9. The zero-order chi connectivity index (χ0) is 61.4. The molecule has 2 heterocycles. The van der Waals surface area contributed by atoms with Crippen molar-refractivity contribution in [1.82, 2.24) is 36.8 Å². The Morgan fingerprint density at radius 1 is 0.679 bits per heavy atom. The van der Waals surface area contributed by atoms with Crippen LogP contribution in [0.5, 0.6) is 0 Å². The van der Waals surface area contributed by atoms with Crippen molar-refractivity contribution in [2.45, 2.75) is 249 Å². The first-order valence-electron chi connectivity index (χ1n) is 27.6. The topological polar surface area (TPSA) is 362 Å². The molecule has 2 aliphatic heterocycles. The molecule has 1 saturated heterocycles. The summed E-state index contributed by atoms with van der Waals surface area (Å²) in [7, 11) is 1.30. The molecule has 27 heteroatoms. The van der Waals surface area contributed by atoms with Crippen molar-refractivity contribution in [2.75, 3.05) is 39.8 Å². The highest BCUT2D eigenvalue weighted by molar-refractivity contribution is 5.81. The van der Waals surface area contributed by atoms with E-state index < -0.39 is 149 Å². The first kappa shape index (κ1) is 68.5. The maximum Gasteiger partial charge on any atom is 0.410 e. The summed E-state index contributed by atoms with van der Waals surface area (Å²) < 4.78 is 52.7. The quantitative estimate of drug-likeness (QED) is 0.0879. The number of amides is 6. The lowest BCUT2D eigenvalue weighted by atomic mass is 9.71. The van der Waals surface area contributed by atoms with E-state index in [-0.39, 0.29) is 44.8 Å². The van der Waals surface area contributed by atoms with Gasteiger partial charge in [0.25, 0.3) is 0 Å². The van der Waals surface area contributed by atoms with Crippen LogP contribution in [-0.2, 0) is 47.4 Å². The third-order valence-corrected chi connectivity index (χ3v) is 12.8. The van der Waals surface area contributed by atoms with Crippen molar-refractivity contribution in [3.05, 3.63) is 11.8 Å². The van der Waals surface area contributed by atoms with E-state index in [4.69, 9.17) is 42.6 Å². The van der Waals surface area contributed by atoms with Crippen molar-refractivity contribution in [3.8, 4) is 0 Å². The molecule has 0 aromatic heterocycles. The molecule has 0 aromatic rings. The van der Waals surface area contributed by atoms with Gasteiger partial charge in [-0.3, -0.25) is 4.79 Å². The molecule has 0 spiro atoms. The van der Waals surface area contributed by atoms with E-state index in [1.165, 1.54) is 14.0 Å². The van der Waals surface area contributed by atoms with Crippen molar-refractivity contribution in [1.29, 1.82) is 0 Å². The standard InChI is InChI=1S/C54H95N7O20/c1-48(2,3)77-43(66)56-21-20-34(62)40(65)58-32-22-33(60-46(69)80-51(10,11)12)38(35(63)37(32)76-42-36(64)39(53(16,71)28-73-42)61(17)47(70)81-52(13,14)15)75-41-31(59-45(68)79-50(7,8)9)19-18-30(74-41)26-55-27-54(72)23-29(24-54)25-57-44(67)78-49(4,5)6/h18,29,31-39,41-42,55,62-64,71-72H,19-28H2,1-17H3,(H,56,66)(H,57,67)(H,58,65)(H,59,68)(H,60,69)/t29?,31-,32-,33+,34+,35-,36-,37+,38-,39-,41-,42-,53+,54?/m1/s1. The highest BCUT2D eigenvalue weighted by Crippen LogP contribution is 2.38. The fourth-order valence-electron chi connectivity index (χ4n) is 9.54. The number of aliphatic hydroxyl groups is 5. The zero-order valence-electron chi connectivity index (χ0n) is 50.4. The molecular weight excluding hydrogens is 1070 g/mol. The number of hydrogen-bond donors (Lipinski definition) is 11. The molecule has 0 radical (unpaired) electrons. The van der Waals surface area contributed by atoms with Gasteiger partial charge in [0.2, 0.25) is 12.2 Å². The van der Waals surface area contributed by atoms with Gasteiger partial charge in [-0.1, -0.05) is 0 Å². The molecule has 4 aliphatic rings. The summed E-state index contributed by atoms with van der Waals surface area (Å²) in [5, 5.41) is 75.3. The Morgan fingerprint density at radius 3 is 1.69 bits per heavy atom. The molecule has 3 fully saturated rings. The fraction of sp³-hybridized carbons (Fsp3) is 0.852. The van der Waals surface area contributed by atoms with Crippen LogP contribution in [0.15, 0.2) is 11.8 Å². The van der Waals surface area contributed by atoms with Crippen LogP contribution in [-0.4, -0.2) is 213 Å². The summed E-state index contributed by atoms with van der Waals surface area (Å²) in [6.07, 6.45) is -14.3. The third-order valence-electron chi connectivity index (χ3n) is 12.8. The first-order valence-corrected chi connectivity index (χ1v) is 27.6. The second kappa shape index (κ2) is 27.1. The number of aliphatic hydroxyl groups excluding tert-OH is 3. The van der Waals surface area contributed by atoms with E-state index in [9.17, 15) is 54.3 Å². The van der Waals surface area contributed by atoms with E-state index in [1.807, 2.05) is 0 Å². The summed E-state index contributed by atoms with van der Waals surface area (Å²) in [6, 6.07) is -5.16. The van der Waals surface area contributed by atoms with Gasteiger partial charge >= 0.3 is 30.5 Å². The minimum absolute atomic E-state index is 0.00203. The summed E-state index contributed by atoms with van der Waals surface area (Å²) in [4.78, 5) is 80.0. The van der Waals surface area contributed by atoms with Crippen LogP contribution in [0, 0.1) is 5.92 Å². The van der Waals surface area contributed by atoms with Crippen molar-refractivity contribution < 1.29 is 96.9 Å². The van der Waals surface area contributed by atoms with Crippen molar-refractivity contribution in [2.24, 2.45) is 5.92 Å². The second-order valence-corrected chi connectivity index (χ2v) is 26.7. The highest BCUT2D eigenvalue weighted by atomic mass is 16.7. The van der Waals surface area contributed by atoms with Gasteiger partial charge in [0, 0.05) is 26.7 Å². The fourth-order valence-corrected chi connectivity index (χ4v) is 9.54. The number of alkyl carbamates (subject to hydrolysis) is 4. The minimum Gasteiger partial charge on any atom is -0.466 e. The SMILES string of the molecule is CN(C(=O)OC(C)(C)C)[C@@H]1[C@@H](O)[C@@H](O[C@@H]2[C@@H](O)[C@H](O[C@H]3OC(CNCC4(O)CC(CNC(=O)OC(C)(C)C)C4)=CC[C@H]3NC(=O)OC(C)(C)C)[C@@H](NC(=O)OC(C)(C)C)C[C@H]2NC(=O)[C@@H](O)CCNC(=O)OC(C)(C)C)OC[C@]1(C)O. The van der Waals surface area contributed by atoms with Gasteiger partial charge in [-0.2, -0.15) is 0 Å². The van der Waals surface area contributed by atoms with Gasteiger partial charge in [0.15, 0.2) is 6.29 Å². The molecule has 4 rings (SSSR count). The average Bonchev–Trinajstić information content (AvgIpc) is 3.25. The van der Waals surface area contributed by atoms with Crippen LogP contribution in [0.2, 0.25) is 0 Å². The molecule has 12 atom stereocenters. The minimum atomic E-state index is -1.95. The second-order valence-electron chi connectivity index (χ2n) is 26.7. The monoisotopic (exact) mass is 1160 g/mol. The largest absolute Gasteiger partial charge is 0.466 e. The Labute approximate surface area is 475 Å². The molecule has 0 unspecified atom stereocenters. The van der Waals surface area contributed by atoms with Gasteiger partial charge in [0.05, 0.1) is 42.9 Å². The Hall–Kier alpha value is -5.00. The lowest BCUT2D eigenvalue weighted by Gasteiger charge is -2.50. The highest BCUT2D eigenvalue weighted by Gasteiger charge is 2.55.